The number of carbonyl (C=O) groups is 1. The molecule has 2 aliphatic rings. The minimum absolute atomic E-state index is 0.162. The van der Waals surface area contributed by atoms with E-state index in [1.54, 1.807) is 0 Å². The summed E-state index contributed by atoms with van der Waals surface area (Å²) >= 11 is 0. The van der Waals surface area contributed by atoms with Crippen LogP contribution >= 0.6 is 0 Å². The van der Waals surface area contributed by atoms with E-state index in [0.717, 1.165) is 42.3 Å². The van der Waals surface area contributed by atoms with E-state index in [0.29, 0.717) is 18.1 Å². The third-order valence-corrected chi connectivity index (χ3v) is 5.01. The molecule has 4 rings (SSSR count). The molecule has 3 atom stereocenters. The van der Waals surface area contributed by atoms with Crippen molar-refractivity contribution in [2.75, 3.05) is 13.1 Å². The van der Waals surface area contributed by atoms with Crippen molar-refractivity contribution < 1.29 is 9.53 Å². The summed E-state index contributed by atoms with van der Waals surface area (Å²) in [4.78, 5) is 15.0. The number of fused-ring (bicyclic) bond motifs is 2. The average molecular weight is 295 g/mol. The van der Waals surface area contributed by atoms with Gasteiger partial charge in [0.2, 0.25) is 0 Å². The Hall–Kier alpha value is -1.87. The van der Waals surface area contributed by atoms with Gasteiger partial charge in [0, 0.05) is 24.6 Å². The normalized spacial score (nSPS) is 27.9. The second-order valence-electron chi connectivity index (χ2n) is 6.55. The number of hydrogen-bond acceptors (Lipinski definition) is 2. The van der Waals surface area contributed by atoms with Crippen LogP contribution in [0.2, 0.25) is 0 Å². The third kappa shape index (κ3) is 2.30. The van der Waals surface area contributed by atoms with Crippen LogP contribution in [0.5, 0.6) is 0 Å². The van der Waals surface area contributed by atoms with Gasteiger partial charge in [-0.25, -0.2) is 0 Å². The number of piperidine rings is 1. The van der Waals surface area contributed by atoms with Crippen molar-refractivity contribution in [3.05, 3.63) is 48.0 Å². The summed E-state index contributed by atoms with van der Waals surface area (Å²) in [6, 6.07) is 14.1. The van der Waals surface area contributed by atoms with E-state index in [1.165, 1.54) is 0 Å². The molecule has 0 spiro atoms. The number of amides is 1. The Bertz CT molecular complexity index is 706. The van der Waals surface area contributed by atoms with Crippen LogP contribution in [-0.4, -0.2) is 36.1 Å². The molecule has 2 saturated heterocycles. The van der Waals surface area contributed by atoms with Gasteiger partial charge in [-0.3, -0.25) is 4.79 Å². The molecule has 0 aromatic heterocycles. The molecule has 0 unspecified atom stereocenters. The van der Waals surface area contributed by atoms with Gasteiger partial charge in [0.15, 0.2) is 0 Å². The Labute approximate surface area is 130 Å². The highest BCUT2D eigenvalue weighted by molar-refractivity contribution is 6.07. The number of nitrogens with zero attached hydrogens (tertiary/aromatic N) is 1. The molecular weight excluding hydrogens is 274 g/mol. The van der Waals surface area contributed by atoms with Gasteiger partial charge >= 0.3 is 0 Å². The highest BCUT2D eigenvalue weighted by atomic mass is 16.5. The van der Waals surface area contributed by atoms with Crippen molar-refractivity contribution in [2.45, 2.75) is 32.0 Å². The monoisotopic (exact) mass is 295 g/mol. The number of carbonyl (C=O) groups excluding carboxylic acids is 1. The molecule has 22 heavy (non-hydrogen) atoms. The highest BCUT2D eigenvalue weighted by Crippen LogP contribution is 2.33. The third-order valence-electron chi connectivity index (χ3n) is 5.01. The van der Waals surface area contributed by atoms with Gasteiger partial charge in [-0.05, 0) is 36.6 Å². The summed E-state index contributed by atoms with van der Waals surface area (Å²) in [6.07, 6.45) is 2.73. The number of likely N-dealkylation sites (tertiary alicyclic amines) is 1. The zero-order chi connectivity index (χ0) is 15.1. The molecule has 3 heteroatoms. The van der Waals surface area contributed by atoms with Crippen LogP contribution in [-0.2, 0) is 4.74 Å². The Morgan fingerprint density at radius 3 is 2.91 bits per heavy atom. The lowest BCUT2D eigenvalue weighted by molar-refractivity contribution is 0.00870. The Morgan fingerprint density at radius 2 is 2.00 bits per heavy atom. The largest absolute Gasteiger partial charge is 0.375 e. The van der Waals surface area contributed by atoms with Crippen LogP contribution in [0, 0.1) is 5.92 Å². The molecule has 2 heterocycles. The SMILES string of the molecule is C[C@H]1C[C@H]2CN(C(=O)c3cccc4ccccc34)CC[C@@H]2O1. The zero-order valence-corrected chi connectivity index (χ0v) is 12.9. The van der Waals surface area contributed by atoms with Gasteiger partial charge in [0.05, 0.1) is 12.2 Å². The maximum atomic E-state index is 13.0. The molecule has 0 radical (unpaired) electrons. The molecule has 114 valence electrons. The molecule has 2 fully saturated rings. The van der Waals surface area contributed by atoms with E-state index in [4.69, 9.17) is 4.74 Å². The van der Waals surface area contributed by atoms with Crippen molar-refractivity contribution >= 4 is 16.7 Å². The lowest BCUT2D eigenvalue weighted by Crippen LogP contribution is -2.44. The van der Waals surface area contributed by atoms with Crippen LogP contribution in [0.25, 0.3) is 10.8 Å². The molecule has 1 amide bonds. The summed E-state index contributed by atoms with van der Waals surface area (Å²) in [5, 5.41) is 2.18. The van der Waals surface area contributed by atoms with Crippen LogP contribution in [0.4, 0.5) is 0 Å². The van der Waals surface area contributed by atoms with Crippen molar-refractivity contribution in [1.29, 1.82) is 0 Å². The zero-order valence-electron chi connectivity index (χ0n) is 12.9. The fraction of sp³-hybridized carbons (Fsp3) is 0.421. The second kappa shape index (κ2) is 5.40. The first-order chi connectivity index (χ1) is 10.7. The first-order valence-corrected chi connectivity index (χ1v) is 8.15. The van der Waals surface area contributed by atoms with Gasteiger partial charge in [0.1, 0.15) is 0 Å². The lowest BCUT2D eigenvalue weighted by Gasteiger charge is -2.34. The van der Waals surface area contributed by atoms with Crippen LogP contribution < -0.4 is 0 Å². The molecule has 3 nitrogen and oxygen atoms in total. The van der Waals surface area contributed by atoms with E-state index < -0.39 is 0 Å². The smallest absolute Gasteiger partial charge is 0.254 e. The number of hydrogen-bond donors (Lipinski definition) is 0. The molecule has 0 saturated carbocycles. The summed E-state index contributed by atoms with van der Waals surface area (Å²) in [5.41, 5.74) is 0.823. The first-order valence-electron chi connectivity index (χ1n) is 8.15. The Kier molecular flexibility index (Phi) is 3.38. The minimum Gasteiger partial charge on any atom is -0.375 e. The number of rotatable bonds is 1. The number of ether oxygens (including phenoxy) is 1. The van der Waals surface area contributed by atoms with Crippen LogP contribution in [0.3, 0.4) is 0 Å². The summed E-state index contributed by atoms with van der Waals surface area (Å²) in [5.74, 6) is 0.664. The fourth-order valence-electron chi connectivity index (χ4n) is 3.96. The Balaban J connectivity index is 1.61. The predicted octanol–water partition coefficient (Wildman–Crippen LogP) is 3.48. The van der Waals surface area contributed by atoms with E-state index in [9.17, 15) is 4.79 Å². The maximum absolute atomic E-state index is 13.0. The van der Waals surface area contributed by atoms with E-state index in [1.807, 2.05) is 35.2 Å². The van der Waals surface area contributed by atoms with Gasteiger partial charge in [-0.15, -0.1) is 0 Å². The molecular formula is C19H21NO2. The van der Waals surface area contributed by atoms with Gasteiger partial charge in [-0.2, -0.15) is 0 Å². The summed E-state index contributed by atoms with van der Waals surface area (Å²) < 4.78 is 5.93. The number of benzene rings is 2. The molecule has 2 aromatic carbocycles. The minimum atomic E-state index is 0.162. The average Bonchev–Trinajstić information content (AvgIpc) is 2.92. The second-order valence-corrected chi connectivity index (χ2v) is 6.55. The lowest BCUT2D eigenvalue weighted by atomic mass is 9.92. The highest BCUT2D eigenvalue weighted by Gasteiger charge is 2.38. The Morgan fingerprint density at radius 1 is 1.18 bits per heavy atom. The van der Waals surface area contributed by atoms with Crippen LogP contribution in [0.1, 0.15) is 30.1 Å². The summed E-state index contributed by atoms with van der Waals surface area (Å²) in [7, 11) is 0. The topological polar surface area (TPSA) is 29.5 Å². The van der Waals surface area contributed by atoms with Gasteiger partial charge < -0.3 is 9.64 Å². The molecule has 2 aliphatic heterocycles. The molecule has 0 aliphatic carbocycles. The van der Waals surface area contributed by atoms with Crippen molar-refractivity contribution in [3.8, 4) is 0 Å². The standard InChI is InChI=1S/C19H21NO2/c1-13-11-15-12-20(10-9-18(15)22-13)19(21)17-8-4-6-14-5-2-3-7-16(14)17/h2-8,13,15,18H,9-12H2,1H3/t13-,15-,18-/m0/s1. The molecule has 0 N–H and O–H groups in total. The van der Waals surface area contributed by atoms with Crippen molar-refractivity contribution in [1.82, 2.24) is 4.90 Å². The van der Waals surface area contributed by atoms with Crippen molar-refractivity contribution in [3.63, 3.8) is 0 Å². The van der Waals surface area contributed by atoms with Gasteiger partial charge in [-0.1, -0.05) is 36.4 Å². The van der Waals surface area contributed by atoms with Gasteiger partial charge in [0.25, 0.3) is 5.91 Å². The van der Waals surface area contributed by atoms with Crippen molar-refractivity contribution in [2.24, 2.45) is 5.92 Å². The predicted molar refractivity (Wildman–Crippen MR) is 86.9 cm³/mol. The van der Waals surface area contributed by atoms with Crippen LogP contribution in [0.15, 0.2) is 42.5 Å². The maximum Gasteiger partial charge on any atom is 0.254 e. The van der Waals surface area contributed by atoms with E-state index in [2.05, 4.69) is 19.1 Å². The molecule has 2 aromatic rings. The fourth-order valence-corrected chi connectivity index (χ4v) is 3.96. The molecule has 0 bridgehead atoms. The summed E-state index contributed by atoms with van der Waals surface area (Å²) in [6.45, 7) is 3.77. The first kappa shape index (κ1) is 13.8. The van der Waals surface area contributed by atoms with E-state index >= 15 is 0 Å². The van der Waals surface area contributed by atoms with E-state index in [-0.39, 0.29) is 5.91 Å². The quantitative estimate of drug-likeness (QED) is 0.806.